The van der Waals surface area contributed by atoms with Gasteiger partial charge in [0.1, 0.15) is 0 Å². The Morgan fingerprint density at radius 3 is 2.28 bits per heavy atom. The van der Waals surface area contributed by atoms with E-state index in [4.69, 9.17) is 0 Å². The van der Waals surface area contributed by atoms with Gasteiger partial charge in [0.05, 0.1) is 4.92 Å². The molecular formula is C24H28N4O4. The van der Waals surface area contributed by atoms with Crippen LogP contribution in [0.15, 0.2) is 54.6 Å². The van der Waals surface area contributed by atoms with Gasteiger partial charge in [-0.05, 0) is 54.5 Å². The Kier molecular flexibility index (Phi) is 7.96. The van der Waals surface area contributed by atoms with Crippen molar-refractivity contribution in [2.45, 2.75) is 26.2 Å². The van der Waals surface area contributed by atoms with E-state index in [1.54, 1.807) is 18.2 Å². The van der Waals surface area contributed by atoms with Crippen LogP contribution in [0.4, 0.5) is 17.1 Å². The van der Waals surface area contributed by atoms with Crippen LogP contribution >= 0.6 is 0 Å². The largest absolute Gasteiger partial charge is 0.368 e. The maximum absolute atomic E-state index is 12.2. The lowest BCUT2D eigenvalue weighted by atomic mass is 10.2. The summed E-state index contributed by atoms with van der Waals surface area (Å²) in [5.41, 5.74) is 2.45. The number of nitro groups is 1. The first kappa shape index (κ1) is 23.0. The maximum Gasteiger partial charge on any atom is 0.269 e. The van der Waals surface area contributed by atoms with E-state index in [9.17, 15) is 19.7 Å². The number of amides is 2. The third-order valence-electron chi connectivity index (χ3n) is 5.41. The smallest absolute Gasteiger partial charge is 0.269 e. The quantitative estimate of drug-likeness (QED) is 0.382. The molecule has 1 aliphatic heterocycles. The van der Waals surface area contributed by atoms with E-state index >= 15 is 0 Å². The topological polar surface area (TPSA) is 95.8 Å². The highest BCUT2D eigenvalue weighted by Crippen LogP contribution is 2.20. The molecule has 0 radical (unpaired) electrons. The van der Waals surface area contributed by atoms with Gasteiger partial charge < -0.3 is 15.1 Å². The summed E-state index contributed by atoms with van der Waals surface area (Å²) in [4.78, 5) is 38.7. The van der Waals surface area contributed by atoms with Gasteiger partial charge in [-0.15, -0.1) is 0 Å². The van der Waals surface area contributed by atoms with Crippen LogP contribution in [0.5, 0.6) is 0 Å². The fourth-order valence-corrected chi connectivity index (χ4v) is 3.52. The lowest BCUT2D eigenvalue weighted by molar-refractivity contribution is -0.384. The van der Waals surface area contributed by atoms with Crippen molar-refractivity contribution in [2.24, 2.45) is 0 Å². The molecule has 0 aromatic heterocycles. The predicted octanol–water partition coefficient (Wildman–Crippen LogP) is 4.09. The van der Waals surface area contributed by atoms with E-state index < -0.39 is 4.92 Å². The number of carbonyl (C=O) groups excluding carboxylic acids is 2. The number of unbranched alkanes of at least 4 members (excludes halogenated alkanes) is 1. The first-order chi connectivity index (χ1) is 15.5. The van der Waals surface area contributed by atoms with Gasteiger partial charge in [0.15, 0.2) is 0 Å². The summed E-state index contributed by atoms with van der Waals surface area (Å²) in [6.07, 6.45) is 5.60. The number of nitrogens with zero attached hydrogens (tertiary/aromatic N) is 3. The Bertz CT molecular complexity index is 962. The molecule has 8 heteroatoms. The average Bonchev–Trinajstić information content (AvgIpc) is 2.82. The number of hydrogen-bond acceptors (Lipinski definition) is 5. The van der Waals surface area contributed by atoms with Crippen LogP contribution < -0.4 is 10.2 Å². The second kappa shape index (κ2) is 11.1. The molecule has 0 unspecified atom stereocenters. The van der Waals surface area contributed by atoms with E-state index in [1.807, 2.05) is 29.2 Å². The van der Waals surface area contributed by atoms with Gasteiger partial charge in [-0.25, -0.2) is 0 Å². The number of hydrogen-bond donors (Lipinski definition) is 1. The minimum Gasteiger partial charge on any atom is -0.368 e. The molecule has 0 saturated carbocycles. The fraction of sp³-hybridized carbons (Fsp3) is 0.333. The zero-order valence-corrected chi connectivity index (χ0v) is 18.2. The monoisotopic (exact) mass is 436 g/mol. The first-order valence-corrected chi connectivity index (χ1v) is 10.8. The van der Waals surface area contributed by atoms with E-state index in [2.05, 4.69) is 17.1 Å². The maximum atomic E-state index is 12.2. The predicted molar refractivity (Wildman–Crippen MR) is 126 cm³/mol. The second-order valence-electron chi connectivity index (χ2n) is 7.69. The summed E-state index contributed by atoms with van der Waals surface area (Å²) in [5, 5.41) is 13.5. The number of non-ortho nitro benzene ring substituents is 1. The van der Waals surface area contributed by atoms with Gasteiger partial charge in [-0.3, -0.25) is 19.7 Å². The molecule has 1 saturated heterocycles. The third-order valence-corrected chi connectivity index (χ3v) is 5.41. The van der Waals surface area contributed by atoms with Crippen LogP contribution in [-0.2, 0) is 9.59 Å². The van der Waals surface area contributed by atoms with Crippen molar-refractivity contribution in [1.82, 2.24) is 4.90 Å². The molecule has 0 bridgehead atoms. The fourth-order valence-electron chi connectivity index (χ4n) is 3.52. The second-order valence-corrected chi connectivity index (χ2v) is 7.69. The molecule has 1 heterocycles. The summed E-state index contributed by atoms with van der Waals surface area (Å²) in [6, 6.07) is 13.6. The molecule has 1 fully saturated rings. The van der Waals surface area contributed by atoms with Gasteiger partial charge in [0.2, 0.25) is 11.8 Å². The summed E-state index contributed by atoms with van der Waals surface area (Å²) >= 11 is 0. The Labute approximate surface area is 187 Å². The molecule has 2 amide bonds. The summed E-state index contributed by atoms with van der Waals surface area (Å²) in [7, 11) is 0. The SMILES string of the molecule is CCCCC(=O)N1CCN(c2ccc(NC(=O)/C=C/c3ccc([N+](=O)[O-])cc3)cc2)CC1. The molecule has 2 aromatic rings. The van der Waals surface area contributed by atoms with Crippen LogP contribution in [0, 0.1) is 10.1 Å². The molecule has 168 valence electrons. The van der Waals surface area contributed by atoms with Crippen molar-refractivity contribution < 1.29 is 14.5 Å². The van der Waals surface area contributed by atoms with Gasteiger partial charge in [0, 0.05) is 62.2 Å². The van der Waals surface area contributed by atoms with E-state index in [-0.39, 0.29) is 17.5 Å². The molecule has 1 aliphatic rings. The Hall–Kier alpha value is -3.68. The molecule has 0 atom stereocenters. The number of piperazine rings is 1. The van der Waals surface area contributed by atoms with Crippen LogP contribution in [0.3, 0.4) is 0 Å². The molecule has 32 heavy (non-hydrogen) atoms. The Balaban J connectivity index is 1.48. The van der Waals surface area contributed by atoms with Crippen LogP contribution in [0.25, 0.3) is 6.08 Å². The van der Waals surface area contributed by atoms with Crippen molar-refractivity contribution in [3.63, 3.8) is 0 Å². The number of carbonyl (C=O) groups is 2. The highest BCUT2D eigenvalue weighted by atomic mass is 16.6. The average molecular weight is 437 g/mol. The lowest BCUT2D eigenvalue weighted by Crippen LogP contribution is -2.48. The number of anilines is 2. The molecule has 1 N–H and O–H groups in total. The number of nitro benzene ring substituents is 1. The van der Waals surface area contributed by atoms with Crippen LogP contribution in [0.1, 0.15) is 31.7 Å². The van der Waals surface area contributed by atoms with Crippen molar-refractivity contribution >= 4 is 35.0 Å². The molecular weight excluding hydrogens is 408 g/mol. The Morgan fingerprint density at radius 1 is 1.03 bits per heavy atom. The highest BCUT2D eigenvalue weighted by molar-refractivity contribution is 6.02. The number of benzene rings is 2. The standard InChI is InChI=1S/C24H28N4O4/c1-2-3-4-24(30)27-17-15-26(16-18-27)21-12-8-20(9-13-21)25-23(29)14-7-19-5-10-22(11-6-19)28(31)32/h5-14H,2-4,15-18H2,1H3,(H,25,29)/b14-7+. The Morgan fingerprint density at radius 2 is 1.69 bits per heavy atom. The summed E-state index contributed by atoms with van der Waals surface area (Å²) < 4.78 is 0. The van der Waals surface area contributed by atoms with Crippen molar-refractivity contribution in [1.29, 1.82) is 0 Å². The molecule has 2 aromatic carbocycles. The van der Waals surface area contributed by atoms with Gasteiger partial charge >= 0.3 is 0 Å². The minimum absolute atomic E-state index is 0.0104. The summed E-state index contributed by atoms with van der Waals surface area (Å²) in [5.74, 6) is -0.0401. The number of rotatable bonds is 8. The van der Waals surface area contributed by atoms with E-state index in [1.165, 1.54) is 18.2 Å². The molecule has 3 rings (SSSR count). The van der Waals surface area contributed by atoms with Crippen LogP contribution in [0.2, 0.25) is 0 Å². The normalized spacial score (nSPS) is 13.9. The lowest BCUT2D eigenvalue weighted by Gasteiger charge is -2.36. The van der Waals surface area contributed by atoms with Gasteiger partial charge in [0.25, 0.3) is 5.69 Å². The van der Waals surface area contributed by atoms with Crippen molar-refractivity contribution in [3.05, 3.63) is 70.3 Å². The highest BCUT2D eigenvalue weighted by Gasteiger charge is 2.20. The van der Waals surface area contributed by atoms with Gasteiger partial charge in [-0.1, -0.05) is 13.3 Å². The van der Waals surface area contributed by atoms with Crippen molar-refractivity contribution in [2.75, 3.05) is 36.4 Å². The molecule has 8 nitrogen and oxygen atoms in total. The van der Waals surface area contributed by atoms with Gasteiger partial charge in [-0.2, -0.15) is 0 Å². The minimum atomic E-state index is -0.461. The van der Waals surface area contributed by atoms with Crippen LogP contribution in [-0.4, -0.2) is 47.8 Å². The first-order valence-electron chi connectivity index (χ1n) is 10.8. The van der Waals surface area contributed by atoms with Crippen molar-refractivity contribution in [3.8, 4) is 0 Å². The zero-order chi connectivity index (χ0) is 22.9. The van der Waals surface area contributed by atoms with E-state index in [0.29, 0.717) is 17.7 Å². The summed E-state index contributed by atoms with van der Waals surface area (Å²) in [6.45, 7) is 5.14. The zero-order valence-electron chi connectivity index (χ0n) is 18.2. The molecule has 0 spiro atoms. The van der Waals surface area contributed by atoms with E-state index in [0.717, 1.165) is 44.7 Å². The third kappa shape index (κ3) is 6.41. The number of nitrogens with one attached hydrogen (secondary N) is 1. The molecule has 0 aliphatic carbocycles.